The molecule has 7 heteroatoms. The molecule has 0 radical (unpaired) electrons. The Morgan fingerprint density at radius 3 is 3.28 bits per heavy atom. The molecule has 18 heavy (non-hydrogen) atoms. The highest BCUT2D eigenvalue weighted by molar-refractivity contribution is 7.99. The van der Waals surface area contributed by atoms with Crippen molar-refractivity contribution in [2.24, 2.45) is 0 Å². The van der Waals surface area contributed by atoms with Gasteiger partial charge in [0.2, 0.25) is 5.91 Å². The van der Waals surface area contributed by atoms with E-state index in [4.69, 9.17) is 4.74 Å². The summed E-state index contributed by atoms with van der Waals surface area (Å²) in [6, 6.07) is 1.33. The van der Waals surface area contributed by atoms with E-state index in [-0.39, 0.29) is 23.3 Å². The average Bonchev–Trinajstić information content (AvgIpc) is 2.87. The van der Waals surface area contributed by atoms with Crippen LogP contribution in [0.1, 0.15) is 12.8 Å². The second-order valence-electron chi connectivity index (χ2n) is 3.97. The molecule has 0 saturated carbocycles. The second kappa shape index (κ2) is 6.55. The maximum absolute atomic E-state index is 11.6. The van der Waals surface area contributed by atoms with Gasteiger partial charge in [0.1, 0.15) is 0 Å². The lowest BCUT2D eigenvalue weighted by molar-refractivity contribution is -0.119. The van der Waals surface area contributed by atoms with Gasteiger partial charge in [-0.1, -0.05) is 11.8 Å². The molecule has 1 aliphatic heterocycles. The van der Waals surface area contributed by atoms with Gasteiger partial charge in [0.05, 0.1) is 11.9 Å². The van der Waals surface area contributed by atoms with Crippen molar-refractivity contribution < 1.29 is 9.53 Å². The number of ether oxygens (including phenoxy) is 1. The fourth-order valence-corrected chi connectivity index (χ4v) is 2.32. The topological polar surface area (TPSA) is 84.1 Å². The summed E-state index contributed by atoms with van der Waals surface area (Å²) in [5.74, 6) is 0.154. The Morgan fingerprint density at radius 2 is 2.56 bits per heavy atom. The second-order valence-corrected chi connectivity index (χ2v) is 4.93. The van der Waals surface area contributed by atoms with Crippen LogP contribution in [0.15, 0.2) is 22.2 Å². The van der Waals surface area contributed by atoms with Crippen LogP contribution in [0.4, 0.5) is 0 Å². The number of rotatable bonds is 5. The number of carbonyl (C=O) groups excluding carboxylic acids is 1. The third kappa shape index (κ3) is 4.15. The molecule has 0 bridgehead atoms. The molecule has 1 aromatic heterocycles. The lowest BCUT2D eigenvalue weighted by Gasteiger charge is -2.10. The normalized spacial score (nSPS) is 18.8. The summed E-state index contributed by atoms with van der Waals surface area (Å²) in [6.07, 6.45) is 3.63. The van der Waals surface area contributed by atoms with Crippen molar-refractivity contribution >= 4 is 17.7 Å². The maximum Gasteiger partial charge on any atom is 0.251 e. The number of hydrogen-bond donors (Lipinski definition) is 2. The molecule has 0 aromatic carbocycles. The highest BCUT2D eigenvalue weighted by Crippen LogP contribution is 2.11. The number of nitrogens with one attached hydrogen (secondary N) is 2. The van der Waals surface area contributed by atoms with Crippen LogP contribution in [-0.4, -0.2) is 40.9 Å². The van der Waals surface area contributed by atoms with Gasteiger partial charge >= 0.3 is 0 Å². The zero-order chi connectivity index (χ0) is 12.8. The first-order valence-electron chi connectivity index (χ1n) is 5.80. The summed E-state index contributed by atoms with van der Waals surface area (Å²) in [6.45, 7) is 1.34. The number of amides is 1. The number of H-pyrrole nitrogens is 1. The zero-order valence-electron chi connectivity index (χ0n) is 9.85. The van der Waals surface area contributed by atoms with Gasteiger partial charge in [0.15, 0.2) is 5.16 Å². The highest BCUT2D eigenvalue weighted by Gasteiger charge is 2.16. The molecule has 2 heterocycles. The Hall–Kier alpha value is -1.34. The van der Waals surface area contributed by atoms with Gasteiger partial charge in [0, 0.05) is 25.4 Å². The maximum atomic E-state index is 11.6. The first-order valence-corrected chi connectivity index (χ1v) is 6.79. The molecule has 0 unspecified atom stereocenters. The molecular weight excluding hydrogens is 254 g/mol. The minimum Gasteiger partial charge on any atom is -0.376 e. The smallest absolute Gasteiger partial charge is 0.251 e. The molecule has 6 nitrogen and oxygen atoms in total. The molecule has 2 N–H and O–H groups in total. The van der Waals surface area contributed by atoms with Gasteiger partial charge in [0.25, 0.3) is 5.56 Å². The molecule has 1 aromatic rings. The summed E-state index contributed by atoms with van der Waals surface area (Å²) < 4.78 is 5.40. The summed E-state index contributed by atoms with van der Waals surface area (Å²) in [4.78, 5) is 29.1. The zero-order valence-corrected chi connectivity index (χ0v) is 10.7. The highest BCUT2D eigenvalue weighted by atomic mass is 32.2. The Kier molecular flexibility index (Phi) is 4.77. The predicted molar refractivity (Wildman–Crippen MR) is 67.6 cm³/mol. The van der Waals surface area contributed by atoms with Crippen molar-refractivity contribution in [1.29, 1.82) is 0 Å². The van der Waals surface area contributed by atoms with E-state index in [1.165, 1.54) is 24.0 Å². The minimum atomic E-state index is -0.215. The van der Waals surface area contributed by atoms with Gasteiger partial charge in [-0.3, -0.25) is 9.59 Å². The Labute approximate surface area is 109 Å². The van der Waals surface area contributed by atoms with E-state index in [2.05, 4.69) is 15.3 Å². The van der Waals surface area contributed by atoms with Crippen LogP contribution >= 0.6 is 11.8 Å². The molecule has 1 saturated heterocycles. The quantitative estimate of drug-likeness (QED) is 0.587. The summed E-state index contributed by atoms with van der Waals surface area (Å²) in [7, 11) is 0. The van der Waals surface area contributed by atoms with Crippen LogP contribution in [0.2, 0.25) is 0 Å². The molecule has 1 fully saturated rings. The lowest BCUT2D eigenvalue weighted by Crippen LogP contribution is -2.32. The van der Waals surface area contributed by atoms with Gasteiger partial charge in [-0.05, 0) is 12.8 Å². The minimum absolute atomic E-state index is 0.0815. The fourth-order valence-electron chi connectivity index (χ4n) is 1.64. The van der Waals surface area contributed by atoms with Crippen LogP contribution in [0.25, 0.3) is 0 Å². The van der Waals surface area contributed by atoms with Gasteiger partial charge in [-0.25, -0.2) is 4.98 Å². The first kappa shape index (κ1) is 13.1. The molecule has 2 rings (SSSR count). The van der Waals surface area contributed by atoms with E-state index in [9.17, 15) is 9.59 Å². The SMILES string of the molecule is O=C(CSc1nccc(=O)[nH]1)NC[C@@H]1CCCO1. The van der Waals surface area contributed by atoms with Crippen LogP contribution < -0.4 is 10.9 Å². The summed E-state index contributed by atoms with van der Waals surface area (Å²) >= 11 is 1.21. The Balaban J connectivity index is 1.69. The van der Waals surface area contributed by atoms with Gasteiger partial charge in [-0.15, -0.1) is 0 Å². The number of nitrogens with zero attached hydrogens (tertiary/aromatic N) is 1. The first-order chi connectivity index (χ1) is 8.74. The predicted octanol–water partition coefficient (Wildman–Crippen LogP) is 0.157. The van der Waals surface area contributed by atoms with E-state index >= 15 is 0 Å². The molecule has 1 atom stereocenters. The van der Waals surface area contributed by atoms with Crippen LogP contribution in [0.3, 0.4) is 0 Å². The molecule has 0 aliphatic carbocycles. The van der Waals surface area contributed by atoms with E-state index in [0.29, 0.717) is 11.7 Å². The average molecular weight is 269 g/mol. The number of thioether (sulfide) groups is 1. The van der Waals surface area contributed by atoms with Crippen molar-refractivity contribution in [1.82, 2.24) is 15.3 Å². The van der Waals surface area contributed by atoms with Gasteiger partial charge < -0.3 is 15.0 Å². The van der Waals surface area contributed by atoms with Crippen LogP contribution in [-0.2, 0) is 9.53 Å². The molecule has 0 spiro atoms. The van der Waals surface area contributed by atoms with Crippen LogP contribution in [0.5, 0.6) is 0 Å². The van der Waals surface area contributed by atoms with E-state index < -0.39 is 0 Å². The van der Waals surface area contributed by atoms with Crippen molar-refractivity contribution in [2.45, 2.75) is 24.1 Å². The Morgan fingerprint density at radius 1 is 1.67 bits per heavy atom. The Bertz CT molecular complexity index is 457. The largest absolute Gasteiger partial charge is 0.376 e. The third-order valence-electron chi connectivity index (χ3n) is 2.54. The number of aromatic amines is 1. The lowest BCUT2D eigenvalue weighted by atomic mass is 10.2. The number of carbonyl (C=O) groups is 1. The van der Waals surface area contributed by atoms with Crippen LogP contribution in [0, 0.1) is 0 Å². The number of aromatic nitrogens is 2. The summed E-state index contributed by atoms with van der Waals surface area (Å²) in [5.41, 5.74) is -0.215. The molecule has 98 valence electrons. The van der Waals surface area contributed by atoms with Crippen molar-refractivity contribution in [2.75, 3.05) is 18.9 Å². The third-order valence-corrected chi connectivity index (χ3v) is 3.43. The molecule has 1 amide bonds. The molecular formula is C11H15N3O3S. The number of hydrogen-bond acceptors (Lipinski definition) is 5. The van der Waals surface area contributed by atoms with Crippen molar-refractivity contribution in [3.05, 3.63) is 22.6 Å². The van der Waals surface area contributed by atoms with Crippen molar-refractivity contribution in [3.63, 3.8) is 0 Å². The van der Waals surface area contributed by atoms with E-state index in [0.717, 1.165) is 19.4 Å². The van der Waals surface area contributed by atoms with Gasteiger partial charge in [-0.2, -0.15) is 0 Å². The molecule has 1 aliphatic rings. The van der Waals surface area contributed by atoms with E-state index in [1.54, 1.807) is 0 Å². The standard InChI is InChI=1S/C11H15N3O3S/c15-9-3-4-12-11(14-9)18-7-10(16)13-6-8-2-1-5-17-8/h3-4,8H,1-2,5-7H2,(H,13,16)(H,12,14,15)/t8-/m0/s1. The summed E-state index contributed by atoms with van der Waals surface area (Å²) in [5, 5.41) is 3.26. The fraction of sp³-hybridized carbons (Fsp3) is 0.545. The van der Waals surface area contributed by atoms with E-state index in [1.807, 2.05) is 0 Å². The monoisotopic (exact) mass is 269 g/mol. The van der Waals surface area contributed by atoms with Crippen molar-refractivity contribution in [3.8, 4) is 0 Å².